The van der Waals surface area contributed by atoms with Gasteiger partial charge in [-0.1, -0.05) is 13.8 Å². The van der Waals surface area contributed by atoms with E-state index in [-0.39, 0.29) is 17.9 Å². The molecule has 3 N–H and O–H groups in total. The molecule has 0 aliphatic carbocycles. The Balaban J connectivity index is 4.29. The highest BCUT2D eigenvalue weighted by Crippen LogP contribution is 2.22. The summed E-state index contributed by atoms with van der Waals surface area (Å²) in [7, 11) is 0. The van der Waals surface area contributed by atoms with Crippen LogP contribution in [0.25, 0.3) is 0 Å². The van der Waals surface area contributed by atoms with E-state index in [1.165, 1.54) is 0 Å². The molecule has 5 heteroatoms. The number of aliphatic hydroxyl groups excluding tert-OH is 1. The zero-order valence-corrected chi connectivity index (χ0v) is 12.7. The molecule has 0 amide bonds. The van der Waals surface area contributed by atoms with Gasteiger partial charge < -0.3 is 10.2 Å². The molecule has 2 unspecified atom stereocenters. The first kappa shape index (κ1) is 17.7. The monoisotopic (exact) mass is 277 g/mol. The summed E-state index contributed by atoms with van der Waals surface area (Å²) in [4.78, 5) is 11.5. The minimum absolute atomic E-state index is 0.157. The van der Waals surface area contributed by atoms with Gasteiger partial charge in [-0.3, -0.25) is 10.1 Å². The predicted molar refractivity (Wildman–Crippen MR) is 77.2 cm³/mol. The topological polar surface area (TPSA) is 69.6 Å². The van der Waals surface area contributed by atoms with Gasteiger partial charge in [-0.15, -0.1) is 0 Å². The summed E-state index contributed by atoms with van der Waals surface area (Å²) in [5.41, 5.74) is -0.808. The maximum atomic E-state index is 11.5. The molecule has 0 saturated heterocycles. The number of aliphatic hydroxyl groups is 1. The molecule has 0 aromatic rings. The molecule has 0 radical (unpaired) electrons. The predicted octanol–water partition coefficient (Wildman–Crippen LogP) is 2.11. The Morgan fingerprint density at radius 2 is 2.00 bits per heavy atom. The maximum Gasteiger partial charge on any atom is 0.323 e. The summed E-state index contributed by atoms with van der Waals surface area (Å²) < 4.78 is 0. The summed E-state index contributed by atoms with van der Waals surface area (Å²) in [6.45, 7) is 7.99. The average molecular weight is 277 g/mol. The van der Waals surface area contributed by atoms with Crippen molar-refractivity contribution < 1.29 is 15.0 Å². The normalized spacial score (nSPS) is 16.6. The van der Waals surface area contributed by atoms with Crippen LogP contribution in [0.3, 0.4) is 0 Å². The van der Waals surface area contributed by atoms with Gasteiger partial charge in [-0.25, -0.2) is 0 Å². The fourth-order valence-corrected chi connectivity index (χ4v) is 2.75. The van der Waals surface area contributed by atoms with E-state index in [4.69, 9.17) is 5.11 Å². The number of aliphatic carboxylic acids is 1. The second-order valence-electron chi connectivity index (χ2n) is 5.01. The van der Waals surface area contributed by atoms with Gasteiger partial charge >= 0.3 is 5.97 Å². The number of thioether (sulfide) groups is 1. The van der Waals surface area contributed by atoms with E-state index in [2.05, 4.69) is 5.32 Å². The molecular weight excluding hydrogens is 250 g/mol. The summed E-state index contributed by atoms with van der Waals surface area (Å²) in [5.74, 6) is 0.121. The number of hydrogen-bond acceptors (Lipinski definition) is 4. The Hall–Kier alpha value is -0.260. The zero-order valence-electron chi connectivity index (χ0n) is 11.9. The minimum Gasteiger partial charge on any atom is -0.480 e. The highest BCUT2D eigenvalue weighted by atomic mass is 32.2. The standard InChI is InChI=1S/C13H27NO3S/c1-5-13(12(16)17,14-10(2)3)7-6-8-18-11(4)9-15/h10-11,14-15H,5-9H2,1-4H3,(H,16,17). The van der Waals surface area contributed by atoms with Gasteiger partial charge in [0, 0.05) is 11.3 Å². The molecule has 0 fully saturated rings. The fourth-order valence-electron chi connectivity index (χ4n) is 1.93. The van der Waals surface area contributed by atoms with Crippen molar-refractivity contribution in [1.82, 2.24) is 5.32 Å². The third-order valence-electron chi connectivity index (χ3n) is 2.99. The first-order valence-electron chi connectivity index (χ1n) is 6.61. The molecule has 0 aromatic heterocycles. The van der Waals surface area contributed by atoms with E-state index in [1.54, 1.807) is 11.8 Å². The smallest absolute Gasteiger partial charge is 0.323 e. The van der Waals surface area contributed by atoms with Gasteiger partial charge in [0.1, 0.15) is 5.54 Å². The lowest BCUT2D eigenvalue weighted by molar-refractivity contribution is -0.145. The molecule has 108 valence electrons. The number of carboxylic acid groups (broad SMARTS) is 1. The first-order chi connectivity index (χ1) is 8.38. The number of carbonyl (C=O) groups is 1. The molecule has 0 bridgehead atoms. The van der Waals surface area contributed by atoms with Crippen LogP contribution < -0.4 is 5.32 Å². The number of carboxylic acids is 1. The molecule has 0 spiro atoms. The van der Waals surface area contributed by atoms with Crippen molar-refractivity contribution in [3.05, 3.63) is 0 Å². The Labute approximate surface area is 115 Å². The third-order valence-corrected chi connectivity index (χ3v) is 4.23. The van der Waals surface area contributed by atoms with Crippen molar-refractivity contribution in [2.45, 2.75) is 63.8 Å². The first-order valence-corrected chi connectivity index (χ1v) is 7.66. The highest BCUT2D eigenvalue weighted by molar-refractivity contribution is 7.99. The molecular formula is C13H27NO3S. The second kappa shape index (κ2) is 8.77. The Morgan fingerprint density at radius 1 is 1.39 bits per heavy atom. The second-order valence-corrected chi connectivity index (χ2v) is 6.55. The maximum absolute atomic E-state index is 11.5. The van der Waals surface area contributed by atoms with Gasteiger partial charge in [0.25, 0.3) is 0 Å². The Bertz CT molecular complexity index is 248. The van der Waals surface area contributed by atoms with Crippen molar-refractivity contribution in [2.75, 3.05) is 12.4 Å². The van der Waals surface area contributed by atoms with Gasteiger partial charge in [-0.05, 0) is 38.9 Å². The van der Waals surface area contributed by atoms with E-state index in [0.29, 0.717) is 12.8 Å². The van der Waals surface area contributed by atoms with Crippen molar-refractivity contribution >= 4 is 17.7 Å². The third kappa shape index (κ3) is 6.07. The Morgan fingerprint density at radius 3 is 2.39 bits per heavy atom. The molecule has 0 heterocycles. The number of rotatable bonds is 10. The molecule has 0 aliphatic rings. The lowest BCUT2D eigenvalue weighted by Gasteiger charge is -2.31. The van der Waals surface area contributed by atoms with Crippen LogP contribution in [-0.4, -0.2) is 45.4 Å². The van der Waals surface area contributed by atoms with E-state index in [9.17, 15) is 9.90 Å². The van der Waals surface area contributed by atoms with Crippen molar-refractivity contribution in [3.8, 4) is 0 Å². The number of hydrogen-bond donors (Lipinski definition) is 3. The van der Waals surface area contributed by atoms with E-state index >= 15 is 0 Å². The van der Waals surface area contributed by atoms with Crippen LogP contribution in [0.1, 0.15) is 47.0 Å². The van der Waals surface area contributed by atoms with Crippen LogP contribution in [0, 0.1) is 0 Å². The number of nitrogens with one attached hydrogen (secondary N) is 1. The van der Waals surface area contributed by atoms with E-state index < -0.39 is 11.5 Å². The quantitative estimate of drug-likeness (QED) is 0.534. The van der Waals surface area contributed by atoms with Crippen LogP contribution in [0.2, 0.25) is 0 Å². The molecule has 0 aromatic carbocycles. The van der Waals surface area contributed by atoms with E-state index in [0.717, 1.165) is 12.2 Å². The van der Waals surface area contributed by atoms with Crippen LogP contribution in [-0.2, 0) is 4.79 Å². The average Bonchev–Trinajstić information content (AvgIpc) is 2.31. The lowest BCUT2D eigenvalue weighted by atomic mass is 9.90. The van der Waals surface area contributed by atoms with Gasteiger partial charge in [0.05, 0.1) is 6.61 Å². The largest absolute Gasteiger partial charge is 0.480 e. The minimum atomic E-state index is -0.808. The molecule has 4 nitrogen and oxygen atoms in total. The van der Waals surface area contributed by atoms with Crippen LogP contribution in [0.5, 0.6) is 0 Å². The summed E-state index contributed by atoms with van der Waals surface area (Å²) in [5, 5.41) is 21.8. The van der Waals surface area contributed by atoms with Gasteiger partial charge in [-0.2, -0.15) is 11.8 Å². The molecule has 0 aliphatic heterocycles. The lowest BCUT2D eigenvalue weighted by Crippen LogP contribution is -2.54. The van der Waals surface area contributed by atoms with Crippen LogP contribution in [0.15, 0.2) is 0 Å². The highest BCUT2D eigenvalue weighted by Gasteiger charge is 2.36. The summed E-state index contributed by atoms with van der Waals surface area (Å²) in [6.07, 6.45) is 2.05. The van der Waals surface area contributed by atoms with Crippen LogP contribution >= 0.6 is 11.8 Å². The summed E-state index contributed by atoms with van der Waals surface area (Å²) >= 11 is 1.69. The van der Waals surface area contributed by atoms with Crippen molar-refractivity contribution in [2.24, 2.45) is 0 Å². The van der Waals surface area contributed by atoms with Crippen molar-refractivity contribution in [1.29, 1.82) is 0 Å². The van der Waals surface area contributed by atoms with Gasteiger partial charge in [0.15, 0.2) is 0 Å². The molecule has 18 heavy (non-hydrogen) atoms. The van der Waals surface area contributed by atoms with Crippen molar-refractivity contribution in [3.63, 3.8) is 0 Å². The SMILES string of the molecule is CCC(CCCSC(C)CO)(NC(C)C)C(=O)O. The van der Waals surface area contributed by atoms with Crippen LogP contribution in [0.4, 0.5) is 0 Å². The molecule has 0 rings (SSSR count). The molecule has 2 atom stereocenters. The Kier molecular flexibility index (Phi) is 8.65. The van der Waals surface area contributed by atoms with E-state index in [1.807, 2.05) is 27.7 Å². The van der Waals surface area contributed by atoms with Gasteiger partial charge in [0.2, 0.25) is 0 Å². The fraction of sp³-hybridized carbons (Fsp3) is 0.923. The summed E-state index contributed by atoms with van der Waals surface area (Å²) in [6, 6.07) is 0.157. The zero-order chi connectivity index (χ0) is 14.2. The molecule has 0 saturated carbocycles.